The van der Waals surface area contributed by atoms with Gasteiger partial charge in [0.1, 0.15) is 0 Å². The third-order valence-electron chi connectivity index (χ3n) is 3.27. The van der Waals surface area contributed by atoms with E-state index in [1.807, 2.05) is 6.07 Å². The van der Waals surface area contributed by atoms with Gasteiger partial charge in [-0.2, -0.15) is 0 Å². The van der Waals surface area contributed by atoms with Gasteiger partial charge in [-0.1, -0.05) is 12.1 Å². The van der Waals surface area contributed by atoms with Crippen LogP contribution in [0.2, 0.25) is 0 Å². The van der Waals surface area contributed by atoms with Crippen LogP contribution in [0.1, 0.15) is 5.56 Å². The molecule has 1 N–H and O–H groups in total. The Morgan fingerprint density at radius 1 is 1.08 bits per heavy atom. The SMILES string of the molecule is COc1ccc(/C=C/C(=O)Nc2cccc(S(C)=O)c2)cc1OC. The molecular formula is C18H19NO4S. The van der Waals surface area contributed by atoms with E-state index in [1.54, 1.807) is 62.9 Å². The molecule has 2 rings (SSSR count). The second kappa shape index (κ2) is 8.31. The van der Waals surface area contributed by atoms with Crippen LogP contribution in [0, 0.1) is 0 Å². The molecule has 2 aromatic rings. The van der Waals surface area contributed by atoms with Crippen LogP contribution in [0.5, 0.6) is 11.5 Å². The van der Waals surface area contributed by atoms with Gasteiger partial charge in [-0.25, -0.2) is 0 Å². The van der Waals surface area contributed by atoms with Crippen molar-refractivity contribution in [2.45, 2.75) is 4.90 Å². The molecule has 0 aliphatic rings. The molecular weight excluding hydrogens is 326 g/mol. The van der Waals surface area contributed by atoms with Crippen LogP contribution >= 0.6 is 0 Å². The summed E-state index contributed by atoms with van der Waals surface area (Å²) in [6.45, 7) is 0. The predicted octanol–water partition coefficient (Wildman–Crippen LogP) is 3.09. The number of ether oxygens (including phenoxy) is 2. The Morgan fingerprint density at radius 2 is 1.83 bits per heavy atom. The highest BCUT2D eigenvalue weighted by Crippen LogP contribution is 2.27. The Hall–Kier alpha value is -2.60. The second-order valence-electron chi connectivity index (χ2n) is 4.92. The van der Waals surface area contributed by atoms with Gasteiger partial charge in [-0.05, 0) is 42.0 Å². The van der Waals surface area contributed by atoms with Crippen LogP contribution in [-0.4, -0.2) is 30.6 Å². The van der Waals surface area contributed by atoms with Gasteiger partial charge in [0.15, 0.2) is 11.5 Å². The molecule has 1 amide bonds. The standard InChI is InChI=1S/C18H19NO4S/c1-22-16-9-7-13(11-17(16)23-2)8-10-18(20)19-14-5-4-6-15(12-14)24(3)21/h4-12H,1-3H3,(H,19,20)/b10-8+. The number of nitrogens with one attached hydrogen (secondary N) is 1. The lowest BCUT2D eigenvalue weighted by molar-refractivity contribution is -0.111. The molecule has 0 aliphatic carbocycles. The first-order valence-electron chi connectivity index (χ1n) is 7.18. The topological polar surface area (TPSA) is 64.6 Å². The van der Waals surface area contributed by atoms with Gasteiger partial charge in [-0.3, -0.25) is 9.00 Å². The molecule has 1 atom stereocenters. The number of hydrogen-bond donors (Lipinski definition) is 1. The lowest BCUT2D eigenvalue weighted by Gasteiger charge is -2.07. The van der Waals surface area contributed by atoms with E-state index < -0.39 is 10.8 Å². The van der Waals surface area contributed by atoms with Crippen molar-refractivity contribution in [3.8, 4) is 11.5 Å². The van der Waals surface area contributed by atoms with E-state index >= 15 is 0 Å². The molecule has 0 fully saturated rings. The smallest absolute Gasteiger partial charge is 0.248 e. The summed E-state index contributed by atoms with van der Waals surface area (Å²) in [6, 6.07) is 12.3. The Labute approximate surface area is 143 Å². The molecule has 0 radical (unpaired) electrons. The molecule has 126 valence electrons. The number of carbonyl (C=O) groups is 1. The number of carbonyl (C=O) groups excluding carboxylic acids is 1. The molecule has 2 aromatic carbocycles. The highest BCUT2D eigenvalue weighted by molar-refractivity contribution is 7.84. The van der Waals surface area contributed by atoms with Gasteiger partial charge in [0.2, 0.25) is 5.91 Å². The van der Waals surface area contributed by atoms with Crippen molar-refractivity contribution in [3.63, 3.8) is 0 Å². The molecule has 5 nitrogen and oxygen atoms in total. The summed E-state index contributed by atoms with van der Waals surface area (Å²) >= 11 is 0. The number of anilines is 1. The van der Waals surface area contributed by atoms with E-state index in [2.05, 4.69) is 5.32 Å². The third kappa shape index (κ3) is 4.70. The molecule has 24 heavy (non-hydrogen) atoms. The summed E-state index contributed by atoms with van der Waals surface area (Å²) in [6.07, 6.45) is 4.70. The molecule has 0 saturated carbocycles. The normalized spacial score (nSPS) is 12.0. The Kier molecular flexibility index (Phi) is 6.14. The maximum Gasteiger partial charge on any atom is 0.248 e. The first-order chi connectivity index (χ1) is 11.5. The van der Waals surface area contributed by atoms with Crippen molar-refractivity contribution in [1.29, 1.82) is 0 Å². The largest absolute Gasteiger partial charge is 0.493 e. The quantitative estimate of drug-likeness (QED) is 0.817. The maximum absolute atomic E-state index is 12.0. The zero-order valence-electron chi connectivity index (χ0n) is 13.7. The van der Waals surface area contributed by atoms with E-state index in [-0.39, 0.29) is 5.91 Å². The Balaban J connectivity index is 2.08. The van der Waals surface area contributed by atoms with Crippen molar-refractivity contribution in [3.05, 3.63) is 54.1 Å². The Morgan fingerprint density at radius 3 is 2.50 bits per heavy atom. The summed E-state index contributed by atoms with van der Waals surface area (Å²) in [5, 5.41) is 2.74. The van der Waals surface area contributed by atoms with Crippen LogP contribution in [-0.2, 0) is 15.6 Å². The summed E-state index contributed by atoms with van der Waals surface area (Å²) < 4.78 is 21.9. The van der Waals surface area contributed by atoms with Gasteiger partial charge in [0, 0.05) is 33.7 Å². The van der Waals surface area contributed by atoms with E-state index in [0.29, 0.717) is 22.1 Å². The van der Waals surface area contributed by atoms with E-state index in [4.69, 9.17) is 9.47 Å². The molecule has 0 aliphatic heterocycles. The van der Waals surface area contributed by atoms with Gasteiger partial charge < -0.3 is 14.8 Å². The van der Waals surface area contributed by atoms with Crippen molar-refractivity contribution in [1.82, 2.24) is 0 Å². The minimum atomic E-state index is -1.09. The highest BCUT2D eigenvalue weighted by Gasteiger charge is 2.04. The van der Waals surface area contributed by atoms with Gasteiger partial charge in [0.05, 0.1) is 14.2 Å². The fourth-order valence-corrected chi connectivity index (χ4v) is 2.63. The molecule has 0 bridgehead atoms. The highest BCUT2D eigenvalue weighted by atomic mass is 32.2. The van der Waals surface area contributed by atoms with E-state index in [0.717, 1.165) is 5.56 Å². The van der Waals surface area contributed by atoms with Gasteiger partial charge in [0.25, 0.3) is 0 Å². The molecule has 0 heterocycles. The van der Waals surface area contributed by atoms with Crippen molar-refractivity contribution < 1.29 is 18.5 Å². The number of amides is 1. The molecule has 6 heteroatoms. The minimum Gasteiger partial charge on any atom is -0.493 e. The fourth-order valence-electron chi connectivity index (χ4n) is 2.06. The van der Waals surface area contributed by atoms with Gasteiger partial charge >= 0.3 is 0 Å². The monoisotopic (exact) mass is 345 g/mol. The second-order valence-corrected chi connectivity index (χ2v) is 6.30. The number of hydrogen-bond acceptors (Lipinski definition) is 4. The summed E-state index contributed by atoms with van der Waals surface area (Å²) in [5.41, 5.74) is 1.41. The lowest BCUT2D eigenvalue weighted by Crippen LogP contribution is -2.08. The van der Waals surface area contributed by atoms with Crippen LogP contribution in [0.3, 0.4) is 0 Å². The minimum absolute atomic E-state index is 0.274. The lowest BCUT2D eigenvalue weighted by atomic mass is 10.2. The number of benzene rings is 2. The van der Waals surface area contributed by atoms with E-state index in [1.165, 1.54) is 6.08 Å². The first-order valence-corrected chi connectivity index (χ1v) is 8.74. The zero-order valence-corrected chi connectivity index (χ0v) is 14.6. The summed E-state index contributed by atoms with van der Waals surface area (Å²) in [5.74, 6) is 0.950. The zero-order chi connectivity index (χ0) is 17.5. The van der Waals surface area contributed by atoms with Crippen molar-refractivity contribution in [2.75, 3.05) is 25.8 Å². The van der Waals surface area contributed by atoms with Crippen LogP contribution in [0.25, 0.3) is 6.08 Å². The van der Waals surface area contributed by atoms with Crippen LogP contribution in [0.15, 0.2) is 53.4 Å². The first kappa shape index (κ1) is 17.7. The maximum atomic E-state index is 12.0. The van der Waals surface area contributed by atoms with Crippen molar-refractivity contribution >= 4 is 28.5 Å². The molecule has 0 saturated heterocycles. The third-order valence-corrected chi connectivity index (χ3v) is 4.19. The van der Waals surface area contributed by atoms with Crippen LogP contribution < -0.4 is 14.8 Å². The molecule has 0 spiro atoms. The number of methoxy groups -OCH3 is 2. The van der Waals surface area contributed by atoms with Gasteiger partial charge in [-0.15, -0.1) is 0 Å². The fraction of sp³-hybridized carbons (Fsp3) is 0.167. The predicted molar refractivity (Wildman–Crippen MR) is 96.0 cm³/mol. The molecule has 1 unspecified atom stereocenters. The average molecular weight is 345 g/mol. The Bertz CT molecular complexity index is 786. The summed E-state index contributed by atoms with van der Waals surface area (Å²) in [4.78, 5) is 12.7. The average Bonchev–Trinajstić information content (AvgIpc) is 2.59. The van der Waals surface area contributed by atoms with Crippen molar-refractivity contribution in [2.24, 2.45) is 0 Å². The van der Waals surface area contributed by atoms with Crippen LogP contribution in [0.4, 0.5) is 5.69 Å². The molecule has 0 aromatic heterocycles. The summed E-state index contributed by atoms with van der Waals surface area (Å²) in [7, 11) is 2.04. The van der Waals surface area contributed by atoms with E-state index in [9.17, 15) is 9.00 Å². The number of rotatable bonds is 6.